The van der Waals surface area contributed by atoms with E-state index in [4.69, 9.17) is 9.31 Å². The summed E-state index contributed by atoms with van der Waals surface area (Å²) in [5.74, 6) is 0. The summed E-state index contributed by atoms with van der Waals surface area (Å²) in [6.45, 7) is 9.89. The lowest BCUT2D eigenvalue weighted by molar-refractivity contribution is 0.00578. The molecule has 0 unspecified atom stereocenters. The molecule has 0 N–H and O–H groups in total. The van der Waals surface area contributed by atoms with Crippen LogP contribution in [0.3, 0.4) is 0 Å². The summed E-state index contributed by atoms with van der Waals surface area (Å²) in [7, 11) is -4.21. The Balaban J connectivity index is 1.87. The topological polar surface area (TPSA) is 55.8 Å². The molecule has 25 heavy (non-hydrogen) atoms. The number of hydrogen-bond acceptors (Lipinski definition) is 4. The molecule has 8 heteroatoms. The van der Waals surface area contributed by atoms with Gasteiger partial charge in [0.15, 0.2) is 0 Å². The van der Waals surface area contributed by atoms with Crippen LogP contribution in [0, 0.1) is 6.92 Å². The van der Waals surface area contributed by atoms with Crippen molar-refractivity contribution < 1.29 is 22.1 Å². The van der Waals surface area contributed by atoms with Crippen LogP contribution < -0.4 is 5.46 Å². The zero-order valence-corrected chi connectivity index (χ0v) is 16.2. The average molecular weight is 369 g/mol. The Morgan fingerprint density at radius 3 is 2.28 bits per heavy atom. The number of nitrogens with zero attached hydrogens (tertiary/aromatic N) is 1. The molecule has 0 bridgehead atoms. The fraction of sp³-hybridized carbons (Fsp3) is 0.647. The van der Waals surface area contributed by atoms with Crippen molar-refractivity contribution >= 4 is 22.6 Å². The molecule has 1 atom stereocenters. The highest BCUT2D eigenvalue weighted by Gasteiger charge is 2.52. The summed E-state index contributed by atoms with van der Waals surface area (Å²) in [6.07, 6.45) is -0.829. The zero-order chi connectivity index (χ0) is 18.6. The molecule has 0 aliphatic carbocycles. The highest BCUT2D eigenvalue weighted by Crippen LogP contribution is 2.36. The number of rotatable bonds is 3. The normalized spacial score (nSPS) is 26.3. The van der Waals surface area contributed by atoms with Gasteiger partial charge in [0.2, 0.25) is 10.0 Å². The molecule has 2 fully saturated rings. The summed E-state index contributed by atoms with van der Waals surface area (Å²) in [6, 6.07) is 4.89. The highest BCUT2D eigenvalue weighted by molar-refractivity contribution is 7.89. The summed E-state index contributed by atoms with van der Waals surface area (Å²) in [5.41, 5.74) is 0.666. The summed E-state index contributed by atoms with van der Waals surface area (Å²) in [5, 5.41) is 0. The second-order valence-electron chi connectivity index (χ2n) is 7.86. The van der Waals surface area contributed by atoms with Crippen LogP contribution in [0.2, 0.25) is 0 Å². The number of benzene rings is 1. The van der Waals surface area contributed by atoms with Crippen molar-refractivity contribution in [2.75, 3.05) is 13.1 Å². The maximum atomic E-state index is 13.4. The minimum Gasteiger partial charge on any atom is -0.399 e. The molecule has 0 spiro atoms. The van der Waals surface area contributed by atoms with Crippen molar-refractivity contribution in [3.05, 3.63) is 23.8 Å². The van der Waals surface area contributed by atoms with Gasteiger partial charge in [-0.05, 0) is 58.6 Å². The van der Waals surface area contributed by atoms with E-state index in [1.807, 2.05) is 34.6 Å². The molecule has 1 aromatic rings. The van der Waals surface area contributed by atoms with Gasteiger partial charge in [-0.1, -0.05) is 11.6 Å². The predicted octanol–water partition coefficient (Wildman–Crippen LogP) is 2.03. The van der Waals surface area contributed by atoms with E-state index < -0.39 is 34.5 Å². The predicted molar refractivity (Wildman–Crippen MR) is 95.2 cm³/mol. The standard InChI is InChI=1S/C17H25BFNO4S/c1-12-10-14(25(21,22)20-9-8-13(19)11-20)6-7-15(12)18-23-16(2,3)17(4,5)24-18/h6-7,10,13H,8-9,11H2,1-5H3/t13-/m0/s1. The summed E-state index contributed by atoms with van der Waals surface area (Å²) >= 11 is 0. The molecule has 138 valence electrons. The summed E-state index contributed by atoms with van der Waals surface area (Å²) in [4.78, 5) is 0.180. The third kappa shape index (κ3) is 3.25. The summed E-state index contributed by atoms with van der Waals surface area (Å²) < 4.78 is 52.0. The first-order valence-electron chi connectivity index (χ1n) is 8.54. The van der Waals surface area contributed by atoms with Gasteiger partial charge in [0.05, 0.1) is 16.1 Å². The maximum Gasteiger partial charge on any atom is 0.495 e. The SMILES string of the molecule is Cc1cc(S(=O)(=O)N2CC[C@H](F)C2)ccc1B1OC(C)(C)C(C)(C)O1. The van der Waals surface area contributed by atoms with Crippen LogP contribution in [0.1, 0.15) is 39.7 Å². The third-order valence-electron chi connectivity index (χ3n) is 5.48. The lowest BCUT2D eigenvalue weighted by Crippen LogP contribution is -2.41. The van der Waals surface area contributed by atoms with E-state index in [0.717, 1.165) is 11.0 Å². The Morgan fingerprint density at radius 1 is 1.20 bits per heavy atom. The largest absolute Gasteiger partial charge is 0.495 e. The lowest BCUT2D eigenvalue weighted by atomic mass is 9.76. The smallest absolute Gasteiger partial charge is 0.399 e. The van der Waals surface area contributed by atoms with Crippen molar-refractivity contribution in [2.45, 2.75) is 63.3 Å². The maximum absolute atomic E-state index is 13.4. The van der Waals surface area contributed by atoms with Crippen molar-refractivity contribution in [3.63, 3.8) is 0 Å². The van der Waals surface area contributed by atoms with Crippen molar-refractivity contribution in [3.8, 4) is 0 Å². The molecule has 0 amide bonds. The van der Waals surface area contributed by atoms with E-state index in [2.05, 4.69) is 0 Å². The molecular weight excluding hydrogens is 344 g/mol. The van der Waals surface area contributed by atoms with Gasteiger partial charge in [-0.3, -0.25) is 0 Å². The Labute approximate surface area is 149 Å². The number of sulfonamides is 1. The first-order valence-corrected chi connectivity index (χ1v) is 9.98. The van der Waals surface area contributed by atoms with Crippen LogP contribution in [-0.4, -0.2) is 50.3 Å². The molecule has 2 aliphatic heterocycles. The second kappa shape index (κ2) is 6.04. The van der Waals surface area contributed by atoms with Gasteiger partial charge in [-0.25, -0.2) is 12.8 Å². The molecule has 0 radical (unpaired) electrons. The van der Waals surface area contributed by atoms with E-state index in [1.165, 1.54) is 4.31 Å². The van der Waals surface area contributed by atoms with E-state index in [-0.39, 0.29) is 24.4 Å². The van der Waals surface area contributed by atoms with Crippen molar-refractivity contribution in [2.24, 2.45) is 0 Å². The molecule has 5 nitrogen and oxygen atoms in total. The number of hydrogen-bond donors (Lipinski definition) is 0. The first kappa shape index (κ1) is 18.8. The molecular formula is C17H25BFNO4S. The monoisotopic (exact) mass is 369 g/mol. The second-order valence-corrected chi connectivity index (χ2v) is 9.79. The van der Waals surface area contributed by atoms with E-state index in [9.17, 15) is 12.8 Å². The fourth-order valence-electron chi connectivity index (χ4n) is 3.10. The van der Waals surface area contributed by atoms with Crippen LogP contribution in [-0.2, 0) is 19.3 Å². The molecule has 2 aliphatic rings. The van der Waals surface area contributed by atoms with Gasteiger partial charge in [-0.2, -0.15) is 4.31 Å². The van der Waals surface area contributed by atoms with Crippen molar-refractivity contribution in [1.29, 1.82) is 0 Å². The van der Waals surface area contributed by atoms with Gasteiger partial charge in [-0.15, -0.1) is 0 Å². The number of aryl methyl sites for hydroxylation is 1. The van der Waals surface area contributed by atoms with Gasteiger partial charge in [0.1, 0.15) is 6.17 Å². The fourth-order valence-corrected chi connectivity index (χ4v) is 4.67. The van der Waals surface area contributed by atoms with Crippen LogP contribution >= 0.6 is 0 Å². The Bertz CT molecular complexity index is 765. The molecule has 2 saturated heterocycles. The first-order chi connectivity index (χ1) is 11.4. The van der Waals surface area contributed by atoms with Crippen LogP contribution in [0.5, 0.6) is 0 Å². The third-order valence-corrected chi connectivity index (χ3v) is 7.34. The van der Waals surface area contributed by atoms with Gasteiger partial charge in [0, 0.05) is 13.1 Å². The molecule has 3 rings (SSSR count). The molecule has 1 aromatic carbocycles. The minimum absolute atomic E-state index is 0.0691. The van der Waals surface area contributed by atoms with Crippen molar-refractivity contribution in [1.82, 2.24) is 4.31 Å². The molecule has 0 aromatic heterocycles. The van der Waals surface area contributed by atoms with E-state index in [1.54, 1.807) is 18.2 Å². The average Bonchev–Trinajstić information content (AvgIpc) is 3.00. The number of halogens is 1. The van der Waals surface area contributed by atoms with Crippen LogP contribution in [0.4, 0.5) is 4.39 Å². The number of alkyl halides is 1. The van der Waals surface area contributed by atoms with Gasteiger partial charge in [0.25, 0.3) is 0 Å². The molecule has 0 saturated carbocycles. The van der Waals surface area contributed by atoms with Crippen LogP contribution in [0.25, 0.3) is 0 Å². The minimum atomic E-state index is -3.67. The Hall–Kier alpha value is -0.955. The Kier molecular flexibility index (Phi) is 4.55. The van der Waals surface area contributed by atoms with E-state index in [0.29, 0.717) is 0 Å². The quantitative estimate of drug-likeness (QED) is 0.765. The Morgan fingerprint density at radius 2 is 1.80 bits per heavy atom. The highest BCUT2D eigenvalue weighted by atomic mass is 32.2. The van der Waals surface area contributed by atoms with Crippen LogP contribution in [0.15, 0.2) is 23.1 Å². The zero-order valence-electron chi connectivity index (χ0n) is 15.4. The van der Waals surface area contributed by atoms with Gasteiger partial charge >= 0.3 is 7.12 Å². The molecule has 2 heterocycles. The van der Waals surface area contributed by atoms with E-state index >= 15 is 0 Å². The van der Waals surface area contributed by atoms with Gasteiger partial charge < -0.3 is 9.31 Å². The lowest BCUT2D eigenvalue weighted by Gasteiger charge is -2.32.